The number of pyridine rings is 1. The van der Waals surface area contributed by atoms with Crippen LogP contribution in [0.25, 0.3) is 41.3 Å². The first-order valence-electron chi connectivity index (χ1n) is 14.6. The van der Waals surface area contributed by atoms with Crippen LogP contribution >= 0.6 is 0 Å². The van der Waals surface area contributed by atoms with Crippen LogP contribution in [0.1, 0.15) is 66.5 Å². The van der Waals surface area contributed by atoms with E-state index in [1.54, 1.807) is 0 Å². The van der Waals surface area contributed by atoms with E-state index in [0.29, 0.717) is 5.41 Å². The molecule has 45 heavy (non-hydrogen) atoms. The number of halogens is 3. The number of nitrogens with zero attached hydrogens (tertiary/aromatic N) is 1. The van der Waals surface area contributed by atoms with Gasteiger partial charge in [0.2, 0.25) is 0 Å². The van der Waals surface area contributed by atoms with Crippen molar-refractivity contribution in [1.82, 2.24) is 4.98 Å². The molecule has 3 nitrogen and oxygen atoms in total. The van der Waals surface area contributed by atoms with E-state index in [1.165, 1.54) is 55.0 Å². The van der Waals surface area contributed by atoms with Gasteiger partial charge in [-0.1, -0.05) is 13.8 Å². The second-order valence-corrected chi connectivity index (χ2v) is 15.9. The Morgan fingerprint density at radius 3 is 2.22 bits per heavy atom. The number of carbonyl (C=O) groups is 1. The Morgan fingerprint density at radius 2 is 1.62 bits per heavy atom. The third-order valence-electron chi connectivity index (χ3n) is 7.18. The van der Waals surface area contributed by atoms with E-state index < -0.39 is 23.6 Å². The quantitative estimate of drug-likeness (QED) is 0.0848. The predicted molar refractivity (Wildman–Crippen MR) is 176 cm³/mol. The number of hydrogen-bond donors (Lipinski definition) is 1. The van der Waals surface area contributed by atoms with Gasteiger partial charge >= 0.3 is 204 Å². The maximum Gasteiger partial charge on any atom is 0.454 e. The van der Waals surface area contributed by atoms with Crippen LogP contribution in [0.2, 0.25) is 0 Å². The summed E-state index contributed by atoms with van der Waals surface area (Å²) in [5.74, 6) is -3.07. The first-order valence-corrected chi connectivity index (χ1v) is 16.3. The molecule has 2 heterocycles. The van der Waals surface area contributed by atoms with Crippen molar-refractivity contribution in [2.75, 3.05) is 0 Å². The van der Waals surface area contributed by atoms with Crippen LogP contribution in [0.15, 0.2) is 72.6 Å². The zero-order valence-electron chi connectivity index (χ0n) is 26.8. The SMILES string of the molecule is CC(C)(C)Cc1ccc2c(c1)[se]c1c(-c3[c-]c4ccccc4c(C(C)(C)C)c3)nccc12.CC(C)/C(O)=C/C(=O)C(F)(F)F.[Ir]. The molecule has 8 heteroatoms. The van der Waals surface area contributed by atoms with Crippen LogP contribution in [0, 0.1) is 17.4 Å². The Morgan fingerprint density at radius 1 is 0.956 bits per heavy atom. The summed E-state index contributed by atoms with van der Waals surface area (Å²) in [5, 5.41) is 14.0. The van der Waals surface area contributed by atoms with Crippen molar-refractivity contribution in [2.24, 2.45) is 11.3 Å². The normalized spacial score (nSPS) is 12.8. The van der Waals surface area contributed by atoms with Crippen molar-refractivity contribution in [1.29, 1.82) is 0 Å². The summed E-state index contributed by atoms with van der Waals surface area (Å²) in [6.07, 6.45) is -1.62. The Bertz CT molecular complexity index is 1860. The molecular weight excluding hydrogens is 819 g/mol. The molecule has 0 saturated carbocycles. The van der Waals surface area contributed by atoms with E-state index in [9.17, 15) is 18.0 Å². The zero-order chi connectivity index (χ0) is 32.6. The summed E-state index contributed by atoms with van der Waals surface area (Å²) < 4.78 is 37.6. The second-order valence-electron chi connectivity index (χ2n) is 13.7. The fourth-order valence-electron chi connectivity index (χ4n) is 5.02. The van der Waals surface area contributed by atoms with Crippen molar-refractivity contribution < 1.29 is 43.2 Å². The summed E-state index contributed by atoms with van der Waals surface area (Å²) >= 11 is 0.254. The molecule has 1 radical (unpaired) electrons. The zero-order valence-corrected chi connectivity index (χ0v) is 30.9. The fraction of sp³-hybridized carbons (Fsp3) is 0.351. The number of aromatic nitrogens is 1. The Hall–Kier alpha value is -2.76. The molecule has 241 valence electrons. The minimum Gasteiger partial charge on any atom is -0.512 e. The third kappa shape index (κ3) is 8.95. The van der Waals surface area contributed by atoms with Gasteiger partial charge < -0.3 is 5.11 Å². The van der Waals surface area contributed by atoms with Gasteiger partial charge in [-0.25, -0.2) is 0 Å². The van der Waals surface area contributed by atoms with Crippen LogP contribution in [0.5, 0.6) is 0 Å². The molecule has 0 aliphatic rings. The maximum absolute atomic E-state index is 11.6. The van der Waals surface area contributed by atoms with Gasteiger partial charge in [0.25, 0.3) is 5.78 Å². The number of rotatable bonds is 4. The second kappa shape index (κ2) is 13.9. The van der Waals surface area contributed by atoms with Gasteiger partial charge in [0.1, 0.15) is 0 Å². The summed E-state index contributed by atoms with van der Waals surface area (Å²) in [5.41, 5.74) is 5.37. The monoisotopic (exact) mass is 859 g/mol. The predicted octanol–water partition coefficient (Wildman–Crippen LogP) is 10.2. The van der Waals surface area contributed by atoms with Gasteiger partial charge in [0.15, 0.2) is 0 Å². The van der Waals surface area contributed by atoms with Gasteiger partial charge in [-0.15, -0.1) is 0 Å². The first-order chi connectivity index (χ1) is 20.3. The smallest absolute Gasteiger partial charge is 0.454 e. The minimum atomic E-state index is -4.90. The molecule has 0 saturated heterocycles. The van der Waals surface area contributed by atoms with Gasteiger partial charge in [-0.3, -0.25) is 4.79 Å². The van der Waals surface area contributed by atoms with Crippen LogP contribution in [-0.2, 0) is 36.7 Å². The van der Waals surface area contributed by atoms with Crippen LogP contribution in [0.3, 0.4) is 0 Å². The van der Waals surface area contributed by atoms with Crippen LogP contribution in [-0.4, -0.2) is 36.6 Å². The van der Waals surface area contributed by atoms with E-state index in [-0.39, 0.29) is 46.1 Å². The molecule has 3 aromatic carbocycles. The molecule has 5 rings (SSSR count). The molecule has 0 aliphatic carbocycles. The topological polar surface area (TPSA) is 50.2 Å². The Balaban J connectivity index is 0.000000365. The molecule has 0 unspecified atom stereocenters. The average molecular weight is 858 g/mol. The van der Waals surface area contributed by atoms with E-state index in [1.807, 2.05) is 6.20 Å². The summed E-state index contributed by atoms with van der Waals surface area (Å²) in [7, 11) is 0. The van der Waals surface area contributed by atoms with E-state index in [0.717, 1.165) is 17.7 Å². The minimum absolute atomic E-state index is 0. The van der Waals surface area contributed by atoms with Crippen molar-refractivity contribution >= 4 is 50.4 Å². The van der Waals surface area contributed by atoms with Gasteiger partial charge in [0.05, 0.1) is 5.76 Å². The summed E-state index contributed by atoms with van der Waals surface area (Å²) in [4.78, 5) is 15.1. The van der Waals surface area contributed by atoms with Gasteiger partial charge in [-0.05, 0) is 0 Å². The number of benzene rings is 3. The number of alkyl halides is 3. The molecule has 0 bridgehead atoms. The van der Waals surface area contributed by atoms with Crippen LogP contribution in [0.4, 0.5) is 13.2 Å². The number of carbonyl (C=O) groups excluding carboxylic acids is 1. The average Bonchev–Trinajstić information content (AvgIpc) is 3.28. The number of fused-ring (bicyclic) bond motifs is 4. The first kappa shape index (κ1) is 36.7. The number of aliphatic hydroxyl groups is 1. The molecule has 2 aromatic heterocycles. The number of allylic oxidation sites excluding steroid dienone is 2. The molecule has 5 aromatic rings. The van der Waals surface area contributed by atoms with Crippen molar-refractivity contribution in [3.8, 4) is 11.3 Å². The van der Waals surface area contributed by atoms with Crippen molar-refractivity contribution in [3.05, 3.63) is 89.8 Å². The molecule has 0 atom stereocenters. The number of aliphatic hydroxyl groups excluding tert-OH is 1. The molecule has 0 fully saturated rings. The molecular formula is C37H39F3IrNO2Se-. The number of hydrogen-bond acceptors (Lipinski definition) is 3. The van der Waals surface area contributed by atoms with Gasteiger partial charge in [0, 0.05) is 32.1 Å². The van der Waals surface area contributed by atoms with E-state index in [4.69, 9.17) is 10.1 Å². The Kier molecular flexibility index (Phi) is 11.4. The van der Waals surface area contributed by atoms with E-state index >= 15 is 0 Å². The molecule has 1 N–H and O–H groups in total. The standard InChI is InChI=1S/C30H30NSe.C7H9F3O2.Ir/c1-29(2,3)18-19-11-12-23-24-13-14-31-27(28(24)32-26(23)15-19)21-16-20-9-7-8-10-22(20)25(17-21)30(4,5)6;1-4(2)5(11)3-6(12)7(8,9)10;/h7-15,17H,18H2,1-6H3;3-4,11H,1-2H3;/q-1;;/b;5-3-;. The van der Waals surface area contributed by atoms with Crippen LogP contribution < -0.4 is 0 Å². The molecule has 0 spiro atoms. The molecule has 0 amide bonds. The summed E-state index contributed by atoms with van der Waals surface area (Å²) in [6, 6.07) is 23.9. The number of ketones is 1. The fourth-order valence-corrected chi connectivity index (χ4v) is 7.68. The largest absolute Gasteiger partial charge is 0.512 e. The Labute approximate surface area is 283 Å². The summed E-state index contributed by atoms with van der Waals surface area (Å²) in [6.45, 7) is 16.8. The molecule has 0 aliphatic heterocycles. The van der Waals surface area contributed by atoms with Gasteiger partial charge in [-0.2, -0.15) is 13.2 Å². The van der Waals surface area contributed by atoms with E-state index in [2.05, 4.69) is 102 Å². The van der Waals surface area contributed by atoms with Crippen molar-refractivity contribution in [2.45, 2.75) is 73.4 Å². The maximum atomic E-state index is 11.6. The third-order valence-corrected chi connectivity index (χ3v) is 9.64. The van der Waals surface area contributed by atoms with Crippen molar-refractivity contribution in [3.63, 3.8) is 0 Å².